The quantitative estimate of drug-likeness (QED) is 0.549. The van der Waals surface area contributed by atoms with Crippen LogP contribution in [0, 0.1) is 0 Å². The van der Waals surface area contributed by atoms with E-state index in [1.54, 1.807) is 0 Å². The Morgan fingerprint density at radius 2 is 2.36 bits per heavy atom. The molecule has 0 bridgehead atoms. The summed E-state index contributed by atoms with van der Waals surface area (Å²) in [5, 5.41) is 3.17. The molecule has 0 radical (unpaired) electrons. The van der Waals surface area contributed by atoms with Crippen molar-refractivity contribution in [2.45, 2.75) is 25.1 Å². The van der Waals surface area contributed by atoms with Crippen molar-refractivity contribution in [1.29, 1.82) is 0 Å². The largest absolute Gasteiger partial charge is 0.473 e. The molecule has 0 aromatic carbocycles. The molecular formula is C8H12N2O. The summed E-state index contributed by atoms with van der Waals surface area (Å²) in [5.41, 5.74) is 0. The molecule has 1 aliphatic carbocycles. The first-order chi connectivity index (χ1) is 5.31. The highest BCUT2D eigenvalue weighted by Crippen LogP contribution is 2.23. The van der Waals surface area contributed by atoms with Crippen LogP contribution in [-0.4, -0.2) is 31.1 Å². The van der Waals surface area contributed by atoms with Crippen LogP contribution in [0.25, 0.3) is 0 Å². The van der Waals surface area contributed by atoms with Gasteiger partial charge in [0.2, 0.25) is 0 Å². The van der Waals surface area contributed by atoms with Gasteiger partial charge >= 0.3 is 0 Å². The van der Waals surface area contributed by atoms with Gasteiger partial charge < -0.3 is 10.1 Å². The van der Waals surface area contributed by atoms with Crippen molar-refractivity contribution in [1.82, 2.24) is 5.32 Å². The van der Waals surface area contributed by atoms with E-state index in [-0.39, 0.29) is 12.1 Å². The van der Waals surface area contributed by atoms with E-state index in [1.807, 2.05) is 14.0 Å². The van der Waals surface area contributed by atoms with Crippen LogP contribution in [0.15, 0.2) is 17.1 Å². The third-order valence-electron chi connectivity index (χ3n) is 2.18. The standard InChI is InChI=1S/C8H12N2O/c1-5-10-7-4-3-6(9-2)8(7)11-5/h3-4,6-9H,1-2H3. The molecule has 0 aromatic heterocycles. The van der Waals surface area contributed by atoms with Crippen LogP contribution >= 0.6 is 0 Å². The fraction of sp³-hybridized carbons (Fsp3) is 0.625. The summed E-state index contributed by atoms with van der Waals surface area (Å²) in [6.07, 6.45) is 4.42. The SMILES string of the molecule is CNC1C=CC2N=C(C)OC21. The van der Waals surface area contributed by atoms with Crippen LogP contribution in [0.5, 0.6) is 0 Å². The van der Waals surface area contributed by atoms with Crippen molar-refractivity contribution >= 4 is 5.90 Å². The summed E-state index contributed by atoms with van der Waals surface area (Å²) in [6, 6.07) is 0.591. The van der Waals surface area contributed by atoms with Crippen LogP contribution in [0.1, 0.15) is 6.92 Å². The van der Waals surface area contributed by atoms with Gasteiger partial charge in [0.1, 0.15) is 12.1 Å². The zero-order chi connectivity index (χ0) is 7.84. The van der Waals surface area contributed by atoms with Crippen LogP contribution in [0.3, 0.4) is 0 Å². The number of nitrogens with zero attached hydrogens (tertiary/aromatic N) is 1. The molecule has 60 valence electrons. The highest BCUT2D eigenvalue weighted by atomic mass is 16.5. The van der Waals surface area contributed by atoms with Gasteiger partial charge in [-0.3, -0.25) is 0 Å². The van der Waals surface area contributed by atoms with E-state index < -0.39 is 0 Å². The minimum atomic E-state index is 0.208. The van der Waals surface area contributed by atoms with Crippen LogP contribution < -0.4 is 5.32 Å². The second-order valence-corrected chi connectivity index (χ2v) is 2.92. The minimum absolute atomic E-state index is 0.208. The third-order valence-corrected chi connectivity index (χ3v) is 2.18. The fourth-order valence-corrected chi connectivity index (χ4v) is 1.62. The number of likely N-dealkylation sites (N-methyl/N-ethyl adjacent to an activating group) is 1. The van der Waals surface area contributed by atoms with Crippen LogP contribution in [-0.2, 0) is 4.74 Å². The molecule has 3 unspecified atom stereocenters. The molecule has 0 amide bonds. The Bertz CT molecular complexity index is 222. The second-order valence-electron chi connectivity index (χ2n) is 2.92. The van der Waals surface area contributed by atoms with Crippen molar-refractivity contribution in [2.75, 3.05) is 7.05 Å². The molecule has 0 saturated carbocycles. The van der Waals surface area contributed by atoms with Gasteiger partial charge in [0, 0.05) is 6.92 Å². The Morgan fingerprint density at radius 3 is 3.09 bits per heavy atom. The lowest BCUT2D eigenvalue weighted by atomic mass is 10.2. The van der Waals surface area contributed by atoms with E-state index in [9.17, 15) is 0 Å². The van der Waals surface area contributed by atoms with E-state index in [2.05, 4.69) is 22.5 Å². The number of aliphatic imine (C=N–C) groups is 1. The van der Waals surface area contributed by atoms with E-state index >= 15 is 0 Å². The Balaban J connectivity index is 2.14. The fourth-order valence-electron chi connectivity index (χ4n) is 1.62. The maximum absolute atomic E-state index is 5.51. The van der Waals surface area contributed by atoms with Gasteiger partial charge in [0.05, 0.1) is 6.04 Å². The average Bonchev–Trinajstić information content (AvgIpc) is 2.45. The monoisotopic (exact) mass is 152 g/mol. The molecule has 3 atom stereocenters. The van der Waals surface area contributed by atoms with Gasteiger partial charge in [-0.2, -0.15) is 0 Å². The van der Waals surface area contributed by atoms with Gasteiger partial charge in [-0.1, -0.05) is 12.2 Å². The smallest absolute Gasteiger partial charge is 0.181 e. The summed E-state index contributed by atoms with van der Waals surface area (Å²) in [4.78, 5) is 4.32. The van der Waals surface area contributed by atoms with Crippen molar-refractivity contribution in [3.05, 3.63) is 12.2 Å². The number of ether oxygens (including phenoxy) is 1. The summed E-state index contributed by atoms with van der Waals surface area (Å²) < 4.78 is 5.51. The molecule has 0 spiro atoms. The molecule has 1 heterocycles. The van der Waals surface area contributed by atoms with Gasteiger partial charge in [-0.15, -0.1) is 0 Å². The van der Waals surface area contributed by atoms with E-state index in [0.29, 0.717) is 6.04 Å². The van der Waals surface area contributed by atoms with Crippen molar-refractivity contribution in [3.63, 3.8) is 0 Å². The maximum atomic E-state index is 5.51. The highest BCUT2D eigenvalue weighted by molar-refractivity contribution is 5.76. The summed E-state index contributed by atoms with van der Waals surface area (Å²) in [7, 11) is 1.94. The van der Waals surface area contributed by atoms with Crippen molar-refractivity contribution < 1.29 is 4.74 Å². The minimum Gasteiger partial charge on any atom is -0.473 e. The van der Waals surface area contributed by atoms with E-state index in [1.165, 1.54) is 0 Å². The zero-order valence-corrected chi connectivity index (χ0v) is 6.74. The van der Waals surface area contributed by atoms with Crippen molar-refractivity contribution in [2.24, 2.45) is 4.99 Å². The number of hydrogen-bond acceptors (Lipinski definition) is 3. The van der Waals surface area contributed by atoms with Gasteiger partial charge in [-0.05, 0) is 7.05 Å². The Kier molecular flexibility index (Phi) is 1.46. The second kappa shape index (κ2) is 2.34. The summed E-state index contributed by atoms with van der Waals surface area (Å²) >= 11 is 0. The van der Waals surface area contributed by atoms with Gasteiger partial charge in [0.25, 0.3) is 0 Å². The first-order valence-corrected chi connectivity index (χ1v) is 3.88. The summed E-state index contributed by atoms with van der Waals surface area (Å²) in [5.74, 6) is 0.810. The predicted molar refractivity (Wildman–Crippen MR) is 43.8 cm³/mol. The first-order valence-electron chi connectivity index (χ1n) is 3.88. The Morgan fingerprint density at radius 1 is 1.55 bits per heavy atom. The molecule has 1 aliphatic heterocycles. The summed E-state index contributed by atoms with van der Waals surface area (Å²) in [6.45, 7) is 1.90. The maximum Gasteiger partial charge on any atom is 0.181 e. The molecule has 3 nitrogen and oxygen atoms in total. The normalized spacial score (nSPS) is 40.2. The molecule has 0 aromatic rings. The van der Waals surface area contributed by atoms with E-state index in [0.717, 1.165) is 5.90 Å². The Labute approximate surface area is 66.2 Å². The van der Waals surface area contributed by atoms with Crippen molar-refractivity contribution in [3.8, 4) is 0 Å². The topological polar surface area (TPSA) is 33.6 Å². The lowest BCUT2D eigenvalue weighted by Gasteiger charge is -2.16. The average molecular weight is 152 g/mol. The highest BCUT2D eigenvalue weighted by Gasteiger charge is 2.36. The molecule has 0 saturated heterocycles. The molecule has 0 fully saturated rings. The predicted octanol–water partition coefficient (Wildman–Crippen LogP) is 0.330. The van der Waals surface area contributed by atoms with Crippen LogP contribution in [0.2, 0.25) is 0 Å². The Hall–Kier alpha value is -0.830. The number of fused-ring (bicyclic) bond motifs is 1. The molecule has 3 heteroatoms. The van der Waals surface area contributed by atoms with Crippen LogP contribution in [0.4, 0.5) is 0 Å². The van der Waals surface area contributed by atoms with Gasteiger partial charge in [-0.25, -0.2) is 4.99 Å². The molecule has 11 heavy (non-hydrogen) atoms. The number of nitrogens with one attached hydrogen (secondary N) is 1. The number of hydrogen-bond donors (Lipinski definition) is 1. The number of rotatable bonds is 1. The lowest BCUT2D eigenvalue weighted by molar-refractivity contribution is 0.186. The first kappa shape index (κ1) is 6.85. The van der Waals surface area contributed by atoms with Gasteiger partial charge in [0.15, 0.2) is 5.90 Å². The third kappa shape index (κ3) is 0.959. The molecular weight excluding hydrogens is 140 g/mol. The lowest BCUT2D eigenvalue weighted by Crippen LogP contribution is -2.37. The molecule has 2 aliphatic rings. The van der Waals surface area contributed by atoms with E-state index in [4.69, 9.17) is 4.74 Å². The molecule has 1 N–H and O–H groups in total. The molecule has 2 rings (SSSR count). The zero-order valence-electron chi connectivity index (χ0n) is 6.74.